The third kappa shape index (κ3) is 3.74. The molecule has 8 heteroatoms. The summed E-state index contributed by atoms with van der Waals surface area (Å²) >= 11 is 0. The minimum absolute atomic E-state index is 0.687. The number of rotatable bonds is 6. The van der Waals surface area contributed by atoms with Crippen LogP contribution in [0.2, 0.25) is 0 Å². The molecular formula is C20H29N7O. The molecule has 0 saturated heterocycles. The quantitative estimate of drug-likeness (QED) is 0.705. The molecule has 0 fully saturated rings. The molecule has 4 heterocycles. The monoisotopic (exact) mass is 383 g/mol. The van der Waals surface area contributed by atoms with Gasteiger partial charge < -0.3 is 5.11 Å². The molecule has 1 N–H and O–H groups in total. The highest BCUT2D eigenvalue weighted by atomic mass is 16.3. The molecule has 3 aromatic heterocycles. The second-order valence-corrected chi connectivity index (χ2v) is 7.63. The maximum absolute atomic E-state index is 10.7. The second kappa shape index (κ2) is 7.89. The average molecular weight is 384 g/mol. The van der Waals surface area contributed by atoms with Gasteiger partial charge in [-0.3, -0.25) is 18.9 Å². The Morgan fingerprint density at radius 3 is 2.86 bits per heavy atom. The van der Waals surface area contributed by atoms with Gasteiger partial charge >= 0.3 is 0 Å². The number of fused-ring (bicyclic) bond motifs is 1. The average Bonchev–Trinajstić information content (AvgIpc) is 3.32. The van der Waals surface area contributed by atoms with Crippen molar-refractivity contribution in [1.29, 1.82) is 0 Å². The molecule has 0 bridgehead atoms. The van der Waals surface area contributed by atoms with Gasteiger partial charge in [-0.05, 0) is 31.9 Å². The van der Waals surface area contributed by atoms with Crippen molar-refractivity contribution in [3.8, 4) is 0 Å². The fourth-order valence-electron chi connectivity index (χ4n) is 3.92. The maximum atomic E-state index is 10.7. The van der Waals surface area contributed by atoms with Gasteiger partial charge in [0, 0.05) is 57.7 Å². The van der Waals surface area contributed by atoms with Gasteiger partial charge in [0.15, 0.2) is 0 Å². The van der Waals surface area contributed by atoms with Gasteiger partial charge in [0.05, 0.1) is 22.8 Å². The Labute approximate surface area is 165 Å². The van der Waals surface area contributed by atoms with Crippen LogP contribution in [0.4, 0.5) is 0 Å². The van der Waals surface area contributed by atoms with Crippen LogP contribution in [0, 0.1) is 6.92 Å². The molecule has 3 aromatic rings. The van der Waals surface area contributed by atoms with Crippen LogP contribution in [0.15, 0.2) is 24.5 Å². The van der Waals surface area contributed by atoms with Gasteiger partial charge in [-0.2, -0.15) is 15.3 Å². The highest BCUT2D eigenvalue weighted by Crippen LogP contribution is 2.24. The van der Waals surface area contributed by atoms with Crippen molar-refractivity contribution >= 4 is 0 Å². The predicted molar refractivity (Wildman–Crippen MR) is 105 cm³/mol. The summed E-state index contributed by atoms with van der Waals surface area (Å²) in [5, 5.41) is 24.2. The van der Waals surface area contributed by atoms with E-state index in [9.17, 15) is 5.11 Å². The first-order valence-corrected chi connectivity index (χ1v) is 10.0. The lowest BCUT2D eigenvalue weighted by Crippen LogP contribution is -2.23. The van der Waals surface area contributed by atoms with Gasteiger partial charge in [-0.1, -0.05) is 6.92 Å². The van der Waals surface area contributed by atoms with Gasteiger partial charge in [-0.25, -0.2) is 0 Å². The van der Waals surface area contributed by atoms with Crippen molar-refractivity contribution < 1.29 is 5.11 Å². The first-order chi connectivity index (χ1) is 13.5. The van der Waals surface area contributed by atoms with Crippen LogP contribution in [-0.2, 0) is 33.2 Å². The van der Waals surface area contributed by atoms with Crippen LogP contribution in [0.25, 0.3) is 0 Å². The van der Waals surface area contributed by atoms with E-state index >= 15 is 0 Å². The van der Waals surface area contributed by atoms with Crippen LogP contribution >= 0.6 is 0 Å². The highest BCUT2D eigenvalue weighted by molar-refractivity contribution is 5.22. The summed E-state index contributed by atoms with van der Waals surface area (Å²) in [6, 6.07) is 3.86. The summed E-state index contributed by atoms with van der Waals surface area (Å²) in [5.41, 5.74) is 4.99. The number of aromatic nitrogens is 6. The smallest absolute Gasteiger partial charge is 0.139 e. The van der Waals surface area contributed by atoms with Gasteiger partial charge in [0.1, 0.15) is 6.10 Å². The van der Waals surface area contributed by atoms with E-state index in [0.29, 0.717) is 5.69 Å². The molecule has 0 aliphatic carbocycles. The summed E-state index contributed by atoms with van der Waals surface area (Å²) in [5.74, 6) is 0. The standard InChI is InChI=1S/C20H29N7O/c1-4-8-26-13-16(15(2)22-26)12-25-9-5-10-27-17(14-25)11-18(23-27)20(28)19-6-7-21-24(19)3/h6-7,11,13,20,28H,4-5,8-10,12,14H2,1-3H3/t20-/m1/s1. The van der Waals surface area contributed by atoms with Crippen molar-refractivity contribution in [1.82, 2.24) is 34.2 Å². The van der Waals surface area contributed by atoms with Crippen molar-refractivity contribution in [3.63, 3.8) is 0 Å². The number of aliphatic hydroxyl groups excluding tert-OH is 1. The lowest BCUT2D eigenvalue weighted by molar-refractivity contribution is 0.203. The molecule has 0 unspecified atom stereocenters. The zero-order valence-electron chi connectivity index (χ0n) is 16.9. The molecule has 1 atom stereocenters. The van der Waals surface area contributed by atoms with Crippen LogP contribution in [0.5, 0.6) is 0 Å². The Bertz CT molecular complexity index is 938. The molecule has 150 valence electrons. The Morgan fingerprint density at radius 1 is 1.25 bits per heavy atom. The second-order valence-electron chi connectivity index (χ2n) is 7.63. The van der Waals surface area contributed by atoms with Gasteiger partial charge in [0.2, 0.25) is 0 Å². The molecule has 4 rings (SSSR count). The summed E-state index contributed by atoms with van der Waals surface area (Å²) in [7, 11) is 1.84. The largest absolute Gasteiger partial charge is 0.380 e. The molecule has 0 spiro atoms. The Kier molecular flexibility index (Phi) is 5.32. The Hall–Kier alpha value is -2.45. The lowest BCUT2D eigenvalue weighted by atomic mass is 10.1. The molecular weight excluding hydrogens is 354 g/mol. The fraction of sp³-hybridized carbons (Fsp3) is 0.550. The van der Waals surface area contributed by atoms with Crippen LogP contribution in [-0.4, -0.2) is 45.9 Å². The van der Waals surface area contributed by atoms with Crippen LogP contribution in [0.1, 0.15) is 54.2 Å². The Balaban J connectivity index is 1.50. The zero-order valence-corrected chi connectivity index (χ0v) is 16.9. The topological polar surface area (TPSA) is 76.9 Å². The van der Waals surface area contributed by atoms with Crippen molar-refractivity contribution in [2.75, 3.05) is 6.54 Å². The minimum atomic E-state index is -0.755. The van der Waals surface area contributed by atoms with E-state index in [4.69, 9.17) is 0 Å². The summed E-state index contributed by atoms with van der Waals surface area (Å²) in [6.45, 7) is 8.84. The van der Waals surface area contributed by atoms with E-state index in [1.54, 1.807) is 10.9 Å². The summed E-state index contributed by atoms with van der Waals surface area (Å²) in [4.78, 5) is 2.45. The third-order valence-corrected chi connectivity index (χ3v) is 5.43. The van der Waals surface area contributed by atoms with Gasteiger partial charge in [-0.15, -0.1) is 0 Å². The van der Waals surface area contributed by atoms with E-state index in [1.165, 1.54) is 5.56 Å². The molecule has 0 saturated carbocycles. The number of aliphatic hydroxyl groups is 1. The van der Waals surface area contributed by atoms with Crippen molar-refractivity contribution in [2.45, 2.75) is 59.0 Å². The van der Waals surface area contributed by atoms with E-state index < -0.39 is 6.10 Å². The van der Waals surface area contributed by atoms with E-state index in [2.05, 4.69) is 44.9 Å². The predicted octanol–water partition coefficient (Wildman–Crippen LogP) is 2.02. The molecule has 8 nitrogen and oxygen atoms in total. The fourth-order valence-corrected chi connectivity index (χ4v) is 3.92. The molecule has 0 radical (unpaired) electrons. The molecule has 28 heavy (non-hydrogen) atoms. The molecule has 1 aliphatic heterocycles. The molecule has 1 aliphatic rings. The minimum Gasteiger partial charge on any atom is -0.380 e. The number of hydrogen-bond donors (Lipinski definition) is 1. The highest BCUT2D eigenvalue weighted by Gasteiger charge is 2.22. The first-order valence-electron chi connectivity index (χ1n) is 10.0. The third-order valence-electron chi connectivity index (χ3n) is 5.43. The molecule has 0 amide bonds. The normalized spacial score (nSPS) is 16.1. The first kappa shape index (κ1) is 18.9. The summed E-state index contributed by atoms with van der Waals surface area (Å²) < 4.78 is 5.79. The van der Waals surface area contributed by atoms with Crippen molar-refractivity contribution in [3.05, 3.63) is 52.9 Å². The maximum Gasteiger partial charge on any atom is 0.139 e. The van der Waals surface area contributed by atoms with Crippen LogP contribution < -0.4 is 0 Å². The Morgan fingerprint density at radius 2 is 2.11 bits per heavy atom. The van der Waals surface area contributed by atoms with E-state index in [0.717, 1.165) is 62.6 Å². The summed E-state index contributed by atoms with van der Waals surface area (Å²) in [6.07, 6.45) is 5.25. The van der Waals surface area contributed by atoms with Gasteiger partial charge in [0.25, 0.3) is 0 Å². The van der Waals surface area contributed by atoms with E-state index in [-0.39, 0.29) is 0 Å². The zero-order chi connectivity index (χ0) is 19.7. The lowest BCUT2D eigenvalue weighted by Gasteiger charge is -2.19. The van der Waals surface area contributed by atoms with E-state index in [1.807, 2.05) is 23.9 Å². The number of aryl methyl sites for hydroxylation is 4. The molecule has 0 aromatic carbocycles. The SMILES string of the molecule is CCCn1cc(CN2CCCn3nc([C@@H](O)c4ccnn4C)cc3C2)c(C)n1. The van der Waals surface area contributed by atoms with Crippen molar-refractivity contribution in [2.24, 2.45) is 7.05 Å². The number of nitrogens with zero attached hydrogens (tertiary/aromatic N) is 7. The number of hydrogen-bond acceptors (Lipinski definition) is 5. The van der Waals surface area contributed by atoms with Crippen LogP contribution in [0.3, 0.4) is 0 Å².